The van der Waals surface area contributed by atoms with Crippen molar-refractivity contribution in [2.24, 2.45) is 0 Å². The second-order valence-electron chi connectivity index (χ2n) is 6.30. The average molecular weight is 310 g/mol. The van der Waals surface area contributed by atoms with Crippen molar-refractivity contribution >= 4 is 16.9 Å². The van der Waals surface area contributed by atoms with Crippen LogP contribution in [0.2, 0.25) is 0 Å². The molecule has 0 unspecified atom stereocenters. The maximum absolute atomic E-state index is 10.1. The van der Waals surface area contributed by atoms with E-state index in [0.29, 0.717) is 21.2 Å². The molecule has 0 saturated carbocycles. The number of quaternary nitrogens is 1. The molecule has 0 amide bonds. The maximum atomic E-state index is 10.1. The van der Waals surface area contributed by atoms with Crippen molar-refractivity contribution in [3.8, 4) is 0 Å². The smallest absolute Gasteiger partial charge is 0.258 e. The van der Waals surface area contributed by atoms with Crippen LogP contribution in [0.4, 0.5) is 5.82 Å². The number of nitrogens with one attached hydrogen (secondary N) is 1. The summed E-state index contributed by atoms with van der Waals surface area (Å²) in [6.07, 6.45) is -2.55. The highest BCUT2D eigenvalue weighted by molar-refractivity contribution is 5.86. The second-order valence-corrected chi connectivity index (χ2v) is 6.30. The Morgan fingerprint density at radius 1 is 1.18 bits per heavy atom. The van der Waals surface area contributed by atoms with E-state index in [1.54, 1.807) is 0 Å². The fourth-order valence-electron chi connectivity index (χ4n) is 2.67. The fraction of sp³-hybridized carbons (Fsp3) is 0.615. The van der Waals surface area contributed by atoms with Crippen molar-refractivity contribution in [2.45, 2.75) is 24.4 Å². The van der Waals surface area contributed by atoms with E-state index in [9.17, 15) is 15.3 Å². The van der Waals surface area contributed by atoms with Gasteiger partial charge in [0.2, 0.25) is 0 Å². The summed E-state index contributed by atoms with van der Waals surface area (Å²) in [5, 5.41) is 36.3. The lowest BCUT2D eigenvalue weighted by Crippen LogP contribution is -2.36. The molecule has 22 heavy (non-hydrogen) atoms. The number of aliphatic hydroxyl groups is 3. The third-order valence-corrected chi connectivity index (χ3v) is 3.81. The minimum Gasteiger partial charge on any atom is -0.394 e. The summed E-state index contributed by atoms with van der Waals surface area (Å²) < 4.78 is 5.98. The van der Waals surface area contributed by atoms with Gasteiger partial charge in [-0.15, -0.1) is 0 Å². The zero-order valence-electron chi connectivity index (χ0n) is 12.6. The molecule has 1 fully saturated rings. The summed E-state index contributed by atoms with van der Waals surface area (Å²) in [5.41, 5.74) is 1.59. The Morgan fingerprint density at radius 2 is 1.91 bits per heavy atom. The molecule has 9 heteroatoms. The molecule has 4 N–H and O–H groups in total. The maximum Gasteiger partial charge on any atom is 0.258 e. The zero-order chi connectivity index (χ0) is 16.1. The lowest BCUT2D eigenvalue weighted by molar-refractivity contribution is -0.0236. The molecule has 0 bridgehead atoms. The molecule has 9 nitrogen and oxygen atoms in total. The summed E-state index contributed by atoms with van der Waals surface area (Å²) in [5.74, 6) is 0.722. The molecule has 3 rings (SSSR count). The van der Waals surface area contributed by atoms with Crippen LogP contribution < -0.4 is 4.48 Å². The molecule has 0 spiro atoms. The van der Waals surface area contributed by atoms with E-state index in [1.807, 2.05) is 21.1 Å². The van der Waals surface area contributed by atoms with Crippen LogP contribution in [-0.4, -0.2) is 81.5 Å². The lowest BCUT2D eigenvalue weighted by atomic mass is 10.1. The van der Waals surface area contributed by atoms with Crippen molar-refractivity contribution in [2.75, 3.05) is 27.7 Å². The first-order valence-corrected chi connectivity index (χ1v) is 6.98. The van der Waals surface area contributed by atoms with Gasteiger partial charge in [-0.3, -0.25) is 9.58 Å². The number of hydrogen-bond donors (Lipinski definition) is 4. The molecule has 0 aliphatic carbocycles. The SMILES string of the molecule is C[N+](C)(C)c1ncnc2c([C@@H]3O[C@@H](CO)[C@@H](O)[C@H]3O)[nH]nc12. The number of nitrogens with zero attached hydrogens (tertiary/aromatic N) is 4. The summed E-state index contributed by atoms with van der Waals surface area (Å²) in [6.45, 7) is -0.375. The molecular weight excluding hydrogens is 290 g/mol. The van der Waals surface area contributed by atoms with Gasteiger partial charge in [-0.2, -0.15) is 10.1 Å². The van der Waals surface area contributed by atoms with E-state index in [0.717, 1.165) is 5.82 Å². The highest BCUT2D eigenvalue weighted by Gasteiger charge is 2.45. The molecule has 2 aromatic rings. The Balaban J connectivity index is 2.07. The fourth-order valence-corrected chi connectivity index (χ4v) is 2.67. The Kier molecular flexibility index (Phi) is 3.62. The molecule has 0 radical (unpaired) electrons. The predicted molar refractivity (Wildman–Crippen MR) is 78.0 cm³/mol. The molecule has 4 atom stereocenters. The number of H-pyrrole nitrogens is 1. The largest absolute Gasteiger partial charge is 0.394 e. The topological polar surface area (TPSA) is 124 Å². The Bertz CT molecular complexity index is 683. The van der Waals surface area contributed by atoms with E-state index in [2.05, 4.69) is 20.2 Å². The highest BCUT2D eigenvalue weighted by atomic mass is 16.6. The third-order valence-electron chi connectivity index (χ3n) is 3.81. The molecular formula is C13H20N5O4+. The van der Waals surface area contributed by atoms with Crippen LogP contribution in [0.1, 0.15) is 11.8 Å². The van der Waals surface area contributed by atoms with E-state index < -0.39 is 24.4 Å². The van der Waals surface area contributed by atoms with E-state index in [1.165, 1.54) is 6.33 Å². The van der Waals surface area contributed by atoms with Crippen molar-refractivity contribution in [3.05, 3.63) is 12.0 Å². The summed E-state index contributed by atoms with van der Waals surface area (Å²) in [6, 6.07) is 0. The van der Waals surface area contributed by atoms with E-state index in [-0.39, 0.29) is 6.61 Å². The second kappa shape index (κ2) is 5.21. The quantitative estimate of drug-likeness (QED) is 0.520. The van der Waals surface area contributed by atoms with Crippen LogP contribution in [0.3, 0.4) is 0 Å². The molecule has 3 heterocycles. The summed E-state index contributed by atoms with van der Waals surface area (Å²) in [7, 11) is 5.88. The Labute approximate surface area is 126 Å². The van der Waals surface area contributed by atoms with Gasteiger partial charge in [0.15, 0.2) is 5.52 Å². The third kappa shape index (κ3) is 2.27. The molecule has 1 aliphatic heterocycles. The molecule has 1 aliphatic rings. The van der Waals surface area contributed by atoms with Gasteiger partial charge in [-0.1, -0.05) is 0 Å². The first kappa shape index (κ1) is 15.3. The van der Waals surface area contributed by atoms with Crippen molar-refractivity contribution in [3.63, 3.8) is 0 Å². The van der Waals surface area contributed by atoms with Crippen LogP contribution in [0.25, 0.3) is 11.0 Å². The molecule has 1 saturated heterocycles. The van der Waals surface area contributed by atoms with Crippen LogP contribution in [0, 0.1) is 0 Å². The number of aromatic amines is 1. The Hall–Kier alpha value is -1.65. The van der Waals surface area contributed by atoms with Gasteiger partial charge in [0.05, 0.1) is 33.4 Å². The summed E-state index contributed by atoms with van der Waals surface area (Å²) in [4.78, 5) is 8.49. The zero-order valence-corrected chi connectivity index (χ0v) is 12.6. The van der Waals surface area contributed by atoms with Gasteiger partial charge in [-0.05, 0) is 0 Å². The van der Waals surface area contributed by atoms with Gasteiger partial charge in [-0.25, -0.2) is 4.98 Å². The number of hydrogen-bond acceptors (Lipinski definition) is 7. The van der Waals surface area contributed by atoms with Gasteiger partial charge < -0.3 is 20.1 Å². The number of fused-ring (bicyclic) bond motifs is 1. The first-order valence-electron chi connectivity index (χ1n) is 6.98. The van der Waals surface area contributed by atoms with Crippen molar-refractivity contribution in [1.29, 1.82) is 0 Å². The van der Waals surface area contributed by atoms with Gasteiger partial charge in [0.1, 0.15) is 36.3 Å². The van der Waals surface area contributed by atoms with Crippen molar-refractivity contribution in [1.82, 2.24) is 24.6 Å². The normalized spacial score (nSPS) is 29.4. The van der Waals surface area contributed by atoms with Crippen LogP contribution in [0.5, 0.6) is 0 Å². The first-order chi connectivity index (χ1) is 10.3. The standard InChI is InChI=1S/C13H20N5O4/c1-18(2,3)13-9-7(14-5-15-13)8(16-17-9)12-11(21)10(20)6(4-19)22-12/h5-6,10-12,19-21H,4H2,1-3H3,(H,16,17)/q+1/t6-,10+,11+,12-/m0/s1. The number of aromatic nitrogens is 4. The molecule has 0 aromatic carbocycles. The van der Waals surface area contributed by atoms with Crippen LogP contribution in [0.15, 0.2) is 6.33 Å². The van der Waals surface area contributed by atoms with E-state index in [4.69, 9.17) is 4.74 Å². The monoisotopic (exact) mass is 310 g/mol. The summed E-state index contributed by atoms with van der Waals surface area (Å²) >= 11 is 0. The number of aliphatic hydroxyl groups excluding tert-OH is 3. The van der Waals surface area contributed by atoms with E-state index >= 15 is 0 Å². The van der Waals surface area contributed by atoms with Crippen LogP contribution in [-0.2, 0) is 4.74 Å². The molecule has 2 aromatic heterocycles. The van der Waals surface area contributed by atoms with Gasteiger partial charge >= 0.3 is 0 Å². The number of rotatable bonds is 3. The van der Waals surface area contributed by atoms with Crippen LogP contribution >= 0.6 is 0 Å². The number of ether oxygens (including phenoxy) is 1. The lowest BCUT2D eigenvalue weighted by Gasteiger charge is -2.21. The minimum absolute atomic E-state index is 0.375. The Morgan fingerprint density at radius 3 is 2.50 bits per heavy atom. The molecule has 120 valence electrons. The van der Waals surface area contributed by atoms with Crippen molar-refractivity contribution < 1.29 is 20.1 Å². The highest BCUT2D eigenvalue weighted by Crippen LogP contribution is 2.36. The average Bonchev–Trinajstić information content (AvgIpc) is 3.00. The minimum atomic E-state index is -1.16. The van der Waals surface area contributed by atoms with Gasteiger partial charge in [0.25, 0.3) is 5.82 Å². The predicted octanol–water partition coefficient (Wildman–Crippen LogP) is -1.30. The van der Waals surface area contributed by atoms with Gasteiger partial charge in [0, 0.05) is 0 Å².